The quantitative estimate of drug-likeness (QED) is 0.723. The van der Waals surface area contributed by atoms with Crippen LogP contribution in [0.2, 0.25) is 0 Å². The Kier molecular flexibility index (Phi) is 1.81. The van der Waals surface area contributed by atoms with E-state index in [0.717, 1.165) is 12.8 Å². The molecule has 3 N–H and O–H groups in total. The predicted octanol–water partition coefficient (Wildman–Crippen LogP) is 1.77. The summed E-state index contributed by atoms with van der Waals surface area (Å²) in [6, 6.07) is 7.73. The number of phenols is 1. The molecule has 70 valence electrons. The summed E-state index contributed by atoms with van der Waals surface area (Å²) in [5.74, 6) is 0.323. The zero-order chi connectivity index (χ0) is 9.47. The first-order chi connectivity index (χ1) is 6.19. The van der Waals surface area contributed by atoms with E-state index in [1.54, 1.807) is 12.1 Å². The van der Waals surface area contributed by atoms with E-state index in [2.05, 4.69) is 6.92 Å². The van der Waals surface area contributed by atoms with Crippen LogP contribution in [0.1, 0.15) is 25.3 Å². The van der Waals surface area contributed by atoms with Gasteiger partial charge in [0.15, 0.2) is 0 Å². The molecule has 0 radical (unpaired) electrons. The molecule has 0 amide bonds. The lowest BCUT2D eigenvalue weighted by molar-refractivity contribution is 0.474. The van der Waals surface area contributed by atoms with Crippen LogP contribution in [-0.2, 0) is 5.41 Å². The lowest BCUT2D eigenvalue weighted by Gasteiger charge is -2.13. The molecule has 13 heavy (non-hydrogen) atoms. The van der Waals surface area contributed by atoms with E-state index in [1.165, 1.54) is 5.56 Å². The molecule has 2 nitrogen and oxygen atoms in total. The third kappa shape index (κ3) is 1.22. The van der Waals surface area contributed by atoms with Crippen molar-refractivity contribution in [2.75, 3.05) is 0 Å². The zero-order valence-corrected chi connectivity index (χ0v) is 7.83. The van der Waals surface area contributed by atoms with Crippen LogP contribution in [0.4, 0.5) is 0 Å². The first-order valence-corrected chi connectivity index (χ1v) is 4.74. The summed E-state index contributed by atoms with van der Waals surface area (Å²) in [4.78, 5) is 0. The van der Waals surface area contributed by atoms with Gasteiger partial charge in [-0.05, 0) is 30.5 Å². The number of hydrogen-bond acceptors (Lipinski definition) is 2. The van der Waals surface area contributed by atoms with Gasteiger partial charge in [0.25, 0.3) is 0 Å². The minimum atomic E-state index is 0.202. The smallest absolute Gasteiger partial charge is 0.115 e. The monoisotopic (exact) mass is 177 g/mol. The van der Waals surface area contributed by atoms with E-state index in [4.69, 9.17) is 10.8 Å². The maximum atomic E-state index is 9.15. The van der Waals surface area contributed by atoms with E-state index < -0.39 is 0 Å². The molecule has 1 fully saturated rings. The fourth-order valence-electron chi connectivity index (χ4n) is 2.07. The number of nitrogens with two attached hydrogens (primary N) is 1. The molecule has 0 spiro atoms. The molecule has 1 aromatic rings. The highest BCUT2D eigenvalue weighted by Crippen LogP contribution is 2.49. The van der Waals surface area contributed by atoms with Gasteiger partial charge in [-0.15, -0.1) is 0 Å². The van der Waals surface area contributed by atoms with E-state index in [-0.39, 0.29) is 5.41 Å². The molecule has 1 unspecified atom stereocenters. The van der Waals surface area contributed by atoms with Gasteiger partial charge in [0.1, 0.15) is 5.75 Å². The van der Waals surface area contributed by atoms with Gasteiger partial charge in [-0.2, -0.15) is 0 Å². The minimum absolute atomic E-state index is 0.202. The van der Waals surface area contributed by atoms with E-state index in [1.807, 2.05) is 12.1 Å². The average molecular weight is 177 g/mol. The van der Waals surface area contributed by atoms with Crippen molar-refractivity contribution in [1.82, 2.24) is 0 Å². The highest BCUT2D eigenvalue weighted by Gasteiger charge is 2.51. The summed E-state index contributed by atoms with van der Waals surface area (Å²) in [5, 5.41) is 9.15. The highest BCUT2D eigenvalue weighted by atomic mass is 16.3. The molecule has 1 aliphatic carbocycles. The second-order valence-electron chi connectivity index (χ2n) is 3.87. The Labute approximate surface area is 78.4 Å². The maximum absolute atomic E-state index is 9.15. The van der Waals surface area contributed by atoms with Crippen LogP contribution in [0.25, 0.3) is 0 Å². The van der Waals surface area contributed by atoms with Crippen molar-refractivity contribution >= 4 is 0 Å². The molecule has 0 aliphatic heterocycles. The topological polar surface area (TPSA) is 46.2 Å². The Hall–Kier alpha value is -1.02. The number of phenolic OH excluding ortho intramolecular Hbond substituents is 1. The molecule has 0 saturated heterocycles. The van der Waals surface area contributed by atoms with Gasteiger partial charge in [-0.3, -0.25) is 0 Å². The van der Waals surface area contributed by atoms with Crippen LogP contribution >= 0.6 is 0 Å². The van der Waals surface area contributed by atoms with E-state index >= 15 is 0 Å². The molecule has 1 aliphatic rings. The zero-order valence-electron chi connectivity index (χ0n) is 7.83. The standard InChI is InChI=1S/C11H15NO/c1-2-11(7-10(11)12)8-3-5-9(13)6-4-8/h3-6,10,13H,2,7,12H2,1H3/t10-,11?/m1/s1. The number of aromatic hydroxyl groups is 1. The van der Waals surface area contributed by atoms with Gasteiger partial charge < -0.3 is 10.8 Å². The summed E-state index contributed by atoms with van der Waals surface area (Å²) in [6.07, 6.45) is 2.16. The molecule has 0 bridgehead atoms. The lowest BCUT2D eigenvalue weighted by Crippen LogP contribution is -2.17. The van der Waals surface area contributed by atoms with Crippen LogP contribution in [0.5, 0.6) is 5.75 Å². The van der Waals surface area contributed by atoms with Crippen molar-refractivity contribution in [1.29, 1.82) is 0 Å². The van der Waals surface area contributed by atoms with Crippen molar-refractivity contribution in [2.24, 2.45) is 5.73 Å². The van der Waals surface area contributed by atoms with Crippen molar-refractivity contribution < 1.29 is 5.11 Å². The third-order valence-electron chi connectivity index (χ3n) is 3.21. The second kappa shape index (κ2) is 2.74. The molecule has 2 atom stereocenters. The van der Waals surface area contributed by atoms with Crippen molar-refractivity contribution in [3.63, 3.8) is 0 Å². The Bertz CT molecular complexity index is 302. The summed E-state index contributed by atoms with van der Waals surface area (Å²) >= 11 is 0. The van der Waals surface area contributed by atoms with Gasteiger partial charge in [-0.25, -0.2) is 0 Å². The molecule has 1 saturated carbocycles. The minimum Gasteiger partial charge on any atom is -0.508 e. The van der Waals surface area contributed by atoms with Crippen LogP contribution < -0.4 is 5.73 Å². The Morgan fingerprint density at radius 1 is 1.46 bits per heavy atom. The first-order valence-electron chi connectivity index (χ1n) is 4.74. The van der Waals surface area contributed by atoms with Gasteiger partial charge in [0.2, 0.25) is 0 Å². The van der Waals surface area contributed by atoms with Crippen LogP contribution in [0.15, 0.2) is 24.3 Å². The number of benzene rings is 1. The molecule has 2 heteroatoms. The third-order valence-corrected chi connectivity index (χ3v) is 3.21. The normalized spacial score (nSPS) is 31.7. The van der Waals surface area contributed by atoms with Crippen LogP contribution in [0, 0.1) is 0 Å². The molecular weight excluding hydrogens is 162 g/mol. The van der Waals surface area contributed by atoms with Crippen molar-refractivity contribution in [3.8, 4) is 5.75 Å². The lowest BCUT2D eigenvalue weighted by atomic mass is 9.92. The molecule has 1 aromatic carbocycles. The average Bonchev–Trinajstić information content (AvgIpc) is 2.79. The van der Waals surface area contributed by atoms with Gasteiger partial charge in [0.05, 0.1) is 0 Å². The Balaban J connectivity index is 2.31. The van der Waals surface area contributed by atoms with Gasteiger partial charge in [-0.1, -0.05) is 19.1 Å². The van der Waals surface area contributed by atoms with Crippen molar-refractivity contribution in [3.05, 3.63) is 29.8 Å². The second-order valence-corrected chi connectivity index (χ2v) is 3.87. The highest BCUT2D eigenvalue weighted by molar-refractivity contribution is 5.38. The number of hydrogen-bond donors (Lipinski definition) is 2. The summed E-state index contributed by atoms with van der Waals surface area (Å²) in [7, 11) is 0. The fraction of sp³-hybridized carbons (Fsp3) is 0.455. The van der Waals surface area contributed by atoms with Crippen LogP contribution in [0.3, 0.4) is 0 Å². The van der Waals surface area contributed by atoms with Gasteiger partial charge in [0, 0.05) is 11.5 Å². The number of rotatable bonds is 2. The van der Waals surface area contributed by atoms with E-state index in [0.29, 0.717) is 11.8 Å². The largest absolute Gasteiger partial charge is 0.508 e. The molecule has 0 aromatic heterocycles. The summed E-state index contributed by atoms with van der Waals surface area (Å²) in [6.45, 7) is 2.17. The SMILES string of the molecule is CCC1(c2ccc(O)cc2)C[C@H]1N. The molecule has 2 rings (SSSR count). The Morgan fingerprint density at radius 2 is 2.00 bits per heavy atom. The van der Waals surface area contributed by atoms with Gasteiger partial charge >= 0.3 is 0 Å². The fourth-order valence-corrected chi connectivity index (χ4v) is 2.07. The van der Waals surface area contributed by atoms with Crippen LogP contribution in [-0.4, -0.2) is 11.1 Å². The van der Waals surface area contributed by atoms with Crippen molar-refractivity contribution in [2.45, 2.75) is 31.2 Å². The Morgan fingerprint density at radius 3 is 2.38 bits per heavy atom. The maximum Gasteiger partial charge on any atom is 0.115 e. The summed E-state index contributed by atoms with van der Waals surface area (Å²) in [5.41, 5.74) is 7.39. The van der Waals surface area contributed by atoms with E-state index in [9.17, 15) is 0 Å². The predicted molar refractivity (Wildman–Crippen MR) is 52.7 cm³/mol. The molecular formula is C11H15NO. The summed E-state index contributed by atoms with van der Waals surface area (Å²) < 4.78 is 0. The molecule has 0 heterocycles. The first kappa shape index (κ1) is 8.57.